The van der Waals surface area contributed by atoms with Crippen molar-refractivity contribution in [3.63, 3.8) is 0 Å². The summed E-state index contributed by atoms with van der Waals surface area (Å²) in [5.74, 6) is -0.560. The Labute approximate surface area is 187 Å². The molecule has 0 radical (unpaired) electrons. The molecule has 0 saturated carbocycles. The number of ether oxygens (including phenoxy) is 1. The van der Waals surface area contributed by atoms with Gasteiger partial charge in [0.25, 0.3) is 10.0 Å². The second-order valence-corrected chi connectivity index (χ2v) is 9.06. The molecule has 0 aliphatic rings. The van der Waals surface area contributed by atoms with Gasteiger partial charge in [0, 0.05) is 5.39 Å². The van der Waals surface area contributed by atoms with Gasteiger partial charge in [-0.3, -0.25) is 0 Å². The van der Waals surface area contributed by atoms with Gasteiger partial charge in [0.05, 0.1) is 28.3 Å². The van der Waals surface area contributed by atoms with Crippen molar-refractivity contribution < 1.29 is 17.9 Å². The first-order valence-electron chi connectivity index (χ1n) is 10.3. The van der Waals surface area contributed by atoms with Crippen molar-refractivity contribution in [2.24, 2.45) is 0 Å². The van der Waals surface area contributed by atoms with Gasteiger partial charge in [-0.25, -0.2) is 17.2 Å². The molecule has 32 heavy (non-hydrogen) atoms. The summed E-state index contributed by atoms with van der Waals surface area (Å²) in [5, 5.41) is 0.523. The minimum absolute atomic E-state index is 0.140. The first-order chi connectivity index (χ1) is 15.4. The van der Waals surface area contributed by atoms with Crippen molar-refractivity contribution in [3.8, 4) is 0 Å². The summed E-state index contributed by atoms with van der Waals surface area (Å²) in [5.41, 5.74) is 2.87. The summed E-state index contributed by atoms with van der Waals surface area (Å²) in [7, 11) is -3.98. The number of benzene rings is 3. The quantitative estimate of drug-likeness (QED) is 0.366. The van der Waals surface area contributed by atoms with Crippen LogP contribution in [0.4, 0.5) is 0 Å². The van der Waals surface area contributed by atoms with Crippen LogP contribution in [0.3, 0.4) is 0 Å². The van der Waals surface area contributed by atoms with Crippen LogP contribution >= 0.6 is 0 Å². The predicted octanol–water partition coefficient (Wildman–Crippen LogP) is 5.53. The fourth-order valence-electron chi connectivity index (χ4n) is 3.70. The van der Waals surface area contributed by atoms with Gasteiger partial charge in [-0.2, -0.15) is 0 Å². The van der Waals surface area contributed by atoms with E-state index in [4.69, 9.17) is 4.74 Å². The number of carbonyl (C=O) groups excluding carboxylic acids is 1. The number of hydrogen-bond acceptors (Lipinski definition) is 4. The van der Waals surface area contributed by atoms with Crippen molar-refractivity contribution in [1.29, 1.82) is 0 Å². The highest BCUT2D eigenvalue weighted by Gasteiger charge is 2.29. The van der Waals surface area contributed by atoms with Crippen LogP contribution in [0, 0.1) is 6.92 Å². The van der Waals surface area contributed by atoms with Gasteiger partial charge in [0.2, 0.25) is 0 Å². The molecule has 0 atom stereocenters. The Morgan fingerprint density at radius 1 is 0.906 bits per heavy atom. The summed E-state index contributed by atoms with van der Waals surface area (Å²) in [6.07, 6.45) is 3.50. The van der Waals surface area contributed by atoms with E-state index in [0.717, 1.165) is 11.1 Å². The molecule has 4 rings (SSSR count). The molecule has 0 bridgehead atoms. The number of rotatable bonds is 6. The van der Waals surface area contributed by atoms with Crippen LogP contribution in [-0.4, -0.2) is 25.0 Å². The highest BCUT2D eigenvalue weighted by molar-refractivity contribution is 7.90. The standard InChI is InChI=1S/C26H23NO4S/c1-3-31-26(28)25-22-15-9-10-16-23(22)27(32(29,30)21-13-5-4-6-14-21)24(25)18-17-20-12-8-7-11-19(20)2/h4-18H,3H2,1-2H3. The second kappa shape index (κ2) is 8.85. The molecule has 6 heteroatoms. The van der Waals surface area contributed by atoms with E-state index in [1.54, 1.807) is 67.6 Å². The predicted molar refractivity (Wildman–Crippen MR) is 127 cm³/mol. The molecule has 0 fully saturated rings. The molecule has 0 aliphatic carbocycles. The van der Waals surface area contributed by atoms with Crippen LogP contribution in [-0.2, 0) is 14.8 Å². The lowest BCUT2D eigenvalue weighted by molar-refractivity contribution is 0.0528. The summed E-state index contributed by atoms with van der Waals surface area (Å²) in [4.78, 5) is 13.1. The van der Waals surface area contributed by atoms with E-state index < -0.39 is 16.0 Å². The van der Waals surface area contributed by atoms with E-state index in [-0.39, 0.29) is 22.8 Å². The monoisotopic (exact) mass is 445 g/mol. The molecule has 0 aliphatic heterocycles. The summed E-state index contributed by atoms with van der Waals surface area (Å²) >= 11 is 0. The minimum atomic E-state index is -3.98. The van der Waals surface area contributed by atoms with Crippen molar-refractivity contribution in [2.75, 3.05) is 6.61 Å². The molecule has 162 valence electrons. The van der Waals surface area contributed by atoms with Crippen LogP contribution in [0.15, 0.2) is 83.8 Å². The minimum Gasteiger partial charge on any atom is -0.462 e. The van der Waals surface area contributed by atoms with Gasteiger partial charge in [0.1, 0.15) is 0 Å². The van der Waals surface area contributed by atoms with Crippen LogP contribution < -0.4 is 0 Å². The molecular formula is C26H23NO4S. The number of hydrogen-bond donors (Lipinski definition) is 0. The molecular weight excluding hydrogens is 422 g/mol. The lowest BCUT2D eigenvalue weighted by atomic mass is 10.1. The first-order valence-corrected chi connectivity index (χ1v) is 11.7. The third-order valence-corrected chi connectivity index (χ3v) is 6.98. The number of aryl methyl sites for hydroxylation is 1. The van der Waals surface area contributed by atoms with Crippen LogP contribution in [0.25, 0.3) is 23.1 Å². The van der Waals surface area contributed by atoms with Gasteiger partial charge in [0.15, 0.2) is 0 Å². The average molecular weight is 446 g/mol. The molecule has 0 amide bonds. The zero-order valence-corrected chi connectivity index (χ0v) is 18.7. The molecule has 0 saturated heterocycles. The van der Waals surface area contributed by atoms with E-state index >= 15 is 0 Å². The first kappa shape index (κ1) is 21.6. The maximum Gasteiger partial charge on any atom is 0.340 e. The topological polar surface area (TPSA) is 65.4 Å². The van der Waals surface area contributed by atoms with Gasteiger partial charge in [-0.1, -0.05) is 66.7 Å². The van der Waals surface area contributed by atoms with Gasteiger partial charge >= 0.3 is 5.97 Å². The number of esters is 1. The maximum absolute atomic E-state index is 13.7. The van der Waals surface area contributed by atoms with Crippen LogP contribution in [0.1, 0.15) is 34.1 Å². The van der Waals surface area contributed by atoms with Crippen molar-refractivity contribution in [1.82, 2.24) is 3.97 Å². The Hall–Kier alpha value is -3.64. The normalized spacial score (nSPS) is 11.8. The summed E-state index contributed by atoms with van der Waals surface area (Å²) in [6.45, 7) is 3.88. The van der Waals surface area contributed by atoms with Gasteiger partial charge < -0.3 is 4.74 Å². The lowest BCUT2D eigenvalue weighted by Gasteiger charge is -2.11. The molecule has 0 unspecified atom stereocenters. The fraction of sp³-hybridized carbons (Fsp3) is 0.115. The molecule has 0 spiro atoms. The fourth-order valence-corrected chi connectivity index (χ4v) is 5.24. The number of aromatic nitrogens is 1. The Kier molecular flexibility index (Phi) is 5.97. The Morgan fingerprint density at radius 3 is 2.28 bits per heavy atom. The molecule has 5 nitrogen and oxygen atoms in total. The average Bonchev–Trinajstić information content (AvgIpc) is 3.14. The van der Waals surface area contributed by atoms with Gasteiger partial charge in [-0.05, 0) is 49.2 Å². The highest BCUT2D eigenvalue weighted by Crippen LogP contribution is 2.32. The molecule has 4 aromatic rings. The molecule has 1 heterocycles. The van der Waals surface area contributed by atoms with Crippen LogP contribution in [0.2, 0.25) is 0 Å². The van der Waals surface area contributed by atoms with E-state index in [2.05, 4.69) is 0 Å². The Bertz CT molecular complexity index is 1420. The Morgan fingerprint density at radius 2 is 1.56 bits per heavy atom. The summed E-state index contributed by atoms with van der Waals surface area (Å²) in [6, 6.07) is 22.9. The SMILES string of the molecule is CCOC(=O)c1c(C=Cc2ccccc2C)n(S(=O)(=O)c2ccccc2)c2ccccc12. The largest absolute Gasteiger partial charge is 0.462 e. The molecule has 1 aromatic heterocycles. The van der Waals surface area contributed by atoms with E-state index in [1.165, 1.54) is 3.97 Å². The Balaban J connectivity index is 2.05. The number of carbonyl (C=O) groups is 1. The number of nitrogens with zero attached hydrogens (tertiary/aromatic N) is 1. The van der Waals surface area contributed by atoms with E-state index in [0.29, 0.717) is 10.9 Å². The number of fused-ring (bicyclic) bond motifs is 1. The molecule has 3 aromatic carbocycles. The number of para-hydroxylation sites is 1. The van der Waals surface area contributed by atoms with E-state index in [9.17, 15) is 13.2 Å². The zero-order valence-electron chi connectivity index (χ0n) is 17.9. The smallest absolute Gasteiger partial charge is 0.340 e. The molecule has 0 N–H and O–H groups in total. The third kappa shape index (κ3) is 3.85. The zero-order chi connectivity index (χ0) is 22.7. The highest BCUT2D eigenvalue weighted by atomic mass is 32.2. The second-order valence-electron chi connectivity index (χ2n) is 7.27. The maximum atomic E-state index is 13.7. The van der Waals surface area contributed by atoms with E-state index in [1.807, 2.05) is 37.3 Å². The van der Waals surface area contributed by atoms with Crippen molar-refractivity contribution in [2.45, 2.75) is 18.7 Å². The third-order valence-electron chi connectivity index (χ3n) is 5.24. The van der Waals surface area contributed by atoms with Crippen molar-refractivity contribution >= 4 is 39.0 Å². The van der Waals surface area contributed by atoms with Gasteiger partial charge in [-0.15, -0.1) is 0 Å². The summed E-state index contributed by atoms with van der Waals surface area (Å²) < 4.78 is 34.0. The van der Waals surface area contributed by atoms with Crippen molar-refractivity contribution in [3.05, 3.63) is 101 Å². The lowest BCUT2D eigenvalue weighted by Crippen LogP contribution is -2.15. The van der Waals surface area contributed by atoms with Crippen LogP contribution in [0.5, 0.6) is 0 Å².